The molecule has 0 bridgehead atoms. The minimum Gasteiger partial charge on any atom is -0.313 e. The van der Waals surface area contributed by atoms with Gasteiger partial charge in [0.2, 0.25) is 0 Å². The molecule has 0 radical (unpaired) electrons. The van der Waals surface area contributed by atoms with Gasteiger partial charge in [0.15, 0.2) is 11.4 Å². The number of nitrogens with zero attached hydrogens (tertiary/aromatic N) is 4. The molecule has 0 spiro atoms. The van der Waals surface area contributed by atoms with Crippen molar-refractivity contribution in [2.24, 2.45) is 0 Å². The maximum atomic E-state index is 11.3. The third-order valence-electron chi connectivity index (χ3n) is 4.52. The van der Waals surface area contributed by atoms with Crippen molar-refractivity contribution in [3.63, 3.8) is 0 Å². The third kappa shape index (κ3) is 3.36. The highest BCUT2D eigenvalue weighted by atomic mass is 32.1. The Kier molecular flexibility index (Phi) is 4.83. The topological polar surface area (TPSA) is 69.9 Å². The molecule has 0 saturated heterocycles. The largest absolute Gasteiger partial charge is 0.313 e. The summed E-state index contributed by atoms with van der Waals surface area (Å²) in [7, 11) is 0. The average Bonchev–Trinajstić information content (AvgIpc) is 3.12. The van der Waals surface area contributed by atoms with Gasteiger partial charge in [-0.1, -0.05) is 24.3 Å². The van der Waals surface area contributed by atoms with Gasteiger partial charge >= 0.3 is 0 Å². The number of benzene rings is 2. The number of pyridine rings is 1. The van der Waals surface area contributed by atoms with Crippen molar-refractivity contribution < 1.29 is 4.79 Å². The van der Waals surface area contributed by atoms with E-state index >= 15 is 0 Å². The fraction of sp³-hybridized carbons (Fsp3) is 0.0909. The van der Waals surface area contributed by atoms with Crippen LogP contribution in [-0.2, 0) is 6.54 Å². The van der Waals surface area contributed by atoms with Crippen molar-refractivity contribution >= 4 is 39.3 Å². The van der Waals surface area contributed by atoms with E-state index in [1.165, 1.54) is 11.3 Å². The molecule has 2 aromatic heterocycles. The molecule has 136 valence electrons. The Balaban J connectivity index is 1.81. The fourth-order valence-electron chi connectivity index (χ4n) is 3.07. The van der Waals surface area contributed by atoms with E-state index in [1.807, 2.05) is 49.4 Å². The Morgan fingerprint density at radius 1 is 1.14 bits per heavy atom. The highest BCUT2D eigenvalue weighted by Gasteiger charge is 2.18. The average molecular weight is 384 g/mol. The number of carbonyl (C=O) groups is 1. The normalized spacial score (nSPS) is 10.6. The monoisotopic (exact) mass is 384 g/mol. The summed E-state index contributed by atoms with van der Waals surface area (Å²) in [5.41, 5.74) is 3.95. The van der Waals surface area contributed by atoms with Crippen LogP contribution in [0, 0.1) is 18.3 Å². The Morgan fingerprint density at radius 2 is 1.93 bits per heavy atom. The number of aromatic nitrogens is 2. The van der Waals surface area contributed by atoms with Crippen LogP contribution in [0.25, 0.3) is 10.9 Å². The van der Waals surface area contributed by atoms with Gasteiger partial charge in [-0.15, -0.1) is 11.3 Å². The van der Waals surface area contributed by atoms with E-state index in [-0.39, 0.29) is 0 Å². The third-order valence-corrected chi connectivity index (χ3v) is 5.53. The van der Waals surface area contributed by atoms with Gasteiger partial charge in [-0.05, 0) is 42.8 Å². The van der Waals surface area contributed by atoms with Crippen LogP contribution in [0.4, 0.5) is 10.8 Å². The van der Waals surface area contributed by atoms with Gasteiger partial charge in [-0.3, -0.25) is 9.78 Å². The van der Waals surface area contributed by atoms with Gasteiger partial charge in [0, 0.05) is 22.1 Å². The summed E-state index contributed by atoms with van der Waals surface area (Å²) in [5, 5.41) is 10.9. The highest BCUT2D eigenvalue weighted by Crippen LogP contribution is 2.33. The number of anilines is 2. The van der Waals surface area contributed by atoms with Crippen molar-refractivity contribution in [2.75, 3.05) is 4.90 Å². The number of fused-ring (bicyclic) bond motifs is 1. The van der Waals surface area contributed by atoms with E-state index in [0.29, 0.717) is 17.8 Å². The van der Waals surface area contributed by atoms with Crippen molar-refractivity contribution in [3.8, 4) is 6.07 Å². The molecule has 0 N–H and O–H groups in total. The van der Waals surface area contributed by atoms with E-state index in [1.54, 1.807) is 18.3 Å². The Labute approximate surface area is 166 Å². The number of aldehydes is 1. The fourth-order valence-corrected chi connectivity index (χ4v) is 3.97. The lowest BCUT2D eigenvalue weighted by atomic mass is 10.1. The lowest BCUT2D eigenvalue weighted by Crippen LogP contribution is -2.17. The molecule has 2 heterocycles. The molecule has 0 aliphatic carbocycles. The number of aryl methyl sites for hydroxylation is 1. The quantitative estimate of drug-likeness (QED) is 0.452. The molecule has 0 aliphatic rings. The van der Waals surface area contributed by atoms with Crippen LogP contribution in [-0.4, -0.2) is 16.3 Å². The molecule has 0 fully saturated rings. The molecule has 4 rings (SSSR count). The molecular weight excluding hydrogens is 368 g/mol. The van der Waals surface area contributed by atoms with Gasteiger partial charge in [-0.2, -0.15) is 5.26 Å². The summed E-state index contributed by atoms with van der Waals surface area (Å²) < 4.78 is 0. The highest BCUT2D eigenvalue weighted by molar-refractivity contribution is 7.15. The van der Waals surface area contributed by atoms with Gasteiger partial charge in [0.1, 0.15) is 5.69 Å². The predicted molar refractivity (Wildman–Crippen MR) is 111 cm³/mol. The van der Waals surface area contributed by atoms with Crippen molar-refractivity contribution in [1.29, 1.82) is 5.26 Å². The standard InChI is InChI=1S/C22H16N4OS/c1-15-20(14-27)25-22(28-15)26(19-9-7-16(12-23)8-10-19)13-18-5-2-4-17-6-3-11-24-21(17)18/h2-11,14H,13H2,1H3. The van der Waals surface area contributed by atoms with Crippen LogP contribution in [0.15, 0.2) is 60.8 Å². The van der Waals surface area contributed by atoms with E-state index in [4.69, 9.17) is 5.26 Å². The second kappa shape index (κ2) is 7.59. The van der Waals surface area contributed by atoms with Crippen molar-refractivity contribution in [1.82, 2.24) is 9.97 Å². The van der Waals surface area contributed by atoms with Crippen LogP contribution in [0.2, 0.25) is 0 Å². The predicted octanol–water partition coefficient (Wildman–Crippen LogP) is 5.02. The Bertz CT molecular complexity index is 1190. The number of para-hydroxylation sites is 1. The van der Waals surface area contributed by atoms with E-state index < -0.39 is 0 Å². The first-order chi connectivity index (χ1) is 13.7. The van der Waals surface area contributed by atoms with Gasteiger partial charge in [-0.25, -0.2) is 4.98 Å². The first kappa shape index (κ1) is 17.8. The molecule has 0 aliphatic heterocycles. The molecule has 28 heavy (non-hydrogen) atoms. The number of rotatable bonds is 5. The minimum absolute atomic E-state index is 0.453. The number of hydrogen-bond acceptors (Lipinski definition) is 6. The van der Waals surface area contributed by atoms with Crippen LogP contribution >= 0.6 is 11.3 Å². The molecule has 5 nitrogen and oxygen atoms in total. The van der Waals surface area contributed by atoms with Crippen LogP contribution < -0.4 is 4.90 Å². The molecule has 0 unspecified atom stereocenters. The Hall–Kier alpha value is -3.56. The molecule has 0 saturated carbocycles. The lowest BCUT2D eigenvalue weighted by molar-refractivity contribution is 0.111. The van der Waals surface area contributed by atoms with Crippen LogP contribution in [0.3, 0.4) is 0 Å². The molecule has 2 aromatic carbocycles. The number of nitriles is 1. The van der Waals surface area contributed by atoms with E-state index in [9.17, 15) is 4.79 Å². The molecule has 0 amide bonds. The minimum atomic E-state index is 0.453. The first-order valence-corrected chi connectivity index (χ1v) is 9.54. The van der Waals surface area contributed by atoms with Crippen LogP contribution in [0.1, 0.15) is 26.5 Å². The zero-order valence-electron chi connectivity index (χ0n) is 15.2. The molecular formula is C22H16N4OS. The van der Waals surface area contributed by atoms with E-state index in [2.05, 4.69) is 20.9 Å². The smallest absolute Gasteiger partial charge is 0.191 e. The lowest BCUT2D eigenvalue weighted by Gasteiger charge is -2.23. The maximum absolute atomic E-state index is 11.3. The second-order valence-electron chi connectivity index (χ2n) is 6.29. The van der Waals surface area contributed by atoms with Gasteiger partial charge < -0.3 is 4.90 Å². The van der Waals surface area contributed by atoms with Gasteiger partial charge in [0.05, 0.1) is 23.7 Å². The first-order valence-electron chi connectivity index (χ1n) is 8.72. The second-order valence-corrected chi connectivity index (χ2v) is 7.47. The summed E-state index contributed by atoms with van der Waals surface area (Å²) in [6.45, 7) is 2.44. The van der Waals surface area contributed by atoms with Gasteiger partial charge in [0.25, 0.3) is 0 Å². The number of hydrogen-bond donors (Lipinski definition) is 0. The summed E-state index contributed by atoms with van der Waals surface area (Å²) in [4.78, 5) is 23.3. The zero-order valence-corrected chi connectivity index (χ0v) is 16.0. The van der Waals surface area contributed by atoms with Crippen LogP contribution in [0.5, 0.6) is 0 Å². The summed E-state index contributed by atoms with van der Waals surface area (Å²) in [6, 6.07) is 19.6. The Morgan fingerprint density at radius 3 is 2.64 bits per heavy atom. The molecule has 4 aromatic rings. The molecule has 0 atom stereocenters. The summed E-state index contributed by atoms with van der Waals surface area (Å²) in [5.74, 6) is 0. The van der Waals surface area contributed by atoms with Crippen molar-refractivity contribution in [2.45, 2.75) is 13.5 Å². The SMILES string of the molecule is Cc1sc(N(Cc2cccc3cccnc23)c2ccc(C#N)cc2)nc1C=O. The zero-order chi connectivity index (χ0) is 19.5. The van der Waals surface area contributed by atoms with E-state index in [0.717, 1.165) is 38.4 Å². The number of carbonyl (C=O) groups excluding carboxylic acids is 1. The molecule has 6 heteroatoms. The maximum Gasteiger partial charge on any atom is 0.191 e. The summed E-state index contributed by atoms with van der Waals surface area (Å²) in [6.07, 6.45) is 2.57. The van der Waals surface area contributed by atoms with Crippen molar-refractivity contribution in [3.05, 3.63) is 82.5 Å². The number of thiazole rings is 1. The summed E-state index contributed by atoms with van der Waals surface area (Å²) >= 11 is 1.47.